The molecule has 0 aromatic heterocycles. The summed E-state index contributed by atoms with van der Waals surface area (Å²) in [5.41, 5.74) is 0.491. The molecule has 1 unspecified atom stereocenters. The lowest BCUT2D eigenvalue weighted by molar-refractivity contribution is 0.342. The van der Waals surface area contributed by atoms with E-state index in [2.05, 4.69) is 27.7 Å². The molecule has 12 heavy (non-hydrogen) atoms. The fourth-order valence-corrected chi connectivity index (χ4v) is 1.68. The van der Waals surface area contributed by atoms with Gasteiger partial charge in [-0.2, -0.15) is 0 Å². The molecule has 0 aliphatic carbocycles. The largest absolute Gasteiger partial charge is 0.126 e. The van der Waals surface area contributed by atoms with Crippen molar-refractivity contribution in [3.63, 3.8) is 0 Å². The first-order chi connectivity index (χ1) is 5.49. The molecular weight excluding hydrogens is 168 g/mol. The quantitative estimate of drug-likeness (QED) is 0.562. The Kier molecular flexibility index (Phi) is 6.00. The van der Waals surface area contributed by atoms with Gasteiger partial charge >= 0.3 is 0 Å². The van der Waals surface area contributed by atoms with Crippen molar-refractivity contribution in [1.82, 2.24) is 0 Å². The minimum atomic E-state index is 0.491. The fourth-order valence-electron chi connectivity index (χ4n) is 1.31. The van der Waals surface area contributed by atoms with Gasteiger partial charge < -0.3 is 0 Å². The maximum Gasteiger partial charge on any atom is 0.0251 e. The molecule has 0 radical (unpaired) electrons. The second-order valence-electron chi connectivity index (χ2n) is 4.88. The second-order valence-corrected chi connectivity index (χ2v) is 5.19. The van der Waals surface area contributed by atoms with Crippen molar-refractivity contribution >= 4 is 11.6 Å². The number of halogens is 1. The van der Waals surface area contributed by atoms with E-state index in [0.717, 1.165) is 11.8 Å². The molecule has 74 valence electrons. The highest BCUT2D eigenvalue weighted by molar-refractivity contribution is 6.18. The average molecular weight is 191 g/mol. The first kappa shape index (κ1) is 12.3. The third kappa shape index (κ3) is 6.97. The van der Waals surface area contributed by atoms with Crippen molar-refractivity contribution < 1.29 is 0 Å². The number of alkyl halides is 1. The van der Waals surface area contributed by atoms with Crippen LogP contribution in [0.5, 0.6) is 0 Å². The van der Waals surface area contributed by atoms with Crippen LogP contribution in [0.15, 0.2) is 0 Å². The topological polar surface area (TPSA) is 0 Å². The summed E-state index contributed by atoms with van der Waals surface area (Å²) in [5, 5.41) is 0. The number of hydrogen-bond donors (Lipinski definition) is 0. The van der Waals surface area contributed by atoms with Crippen LogP contribution in [0, 0.1) is 11.3 Å². The Bertz CT molecular complexity index is 98.1. The summed E-state index contributed by atoms with van der Waals surface area (Å²) in [6.07, 6.45) is 5.18. The molecule has 0 aliphatic heterocycles. The van der Waals surface area contributed by atoms with E-state index in [1.807, 2.05) is 0 Å². The summed E-state index contributed by atoms with van der Waals surface area (Å²) in [5.74, 6) is 1.58. The summed E-state index contributed by atoms with van der Waals surface area (Å²) in [6.45, 7) is 9.13. The van der Waals surface area contributed by atoms with E-state index in [0.29, 0.717) is 5.41 Å². The molecule has 0 saturated carbocycles. The zero-order valence-electron chi connectivity index (χ0n) is 8.99. The van der Waals surface area contributed by atoms with Crippen LogP contribution in [0.2, 0.25) is 0 Å². The Balaban J connectivity index is 3.41. The first-order valence-corrected chi connectivity index (χ1v) is 5.59. The van der Waals surface area contributed by atoms with Crippen molar-refractivity contribution in [3.8, 4) is 0 Å². The maximum atomic E-state index is 5.82. The zero-order valence-corrected chi connectivity index (χ0v) is 9.75. The molecule has 1 atom stereocenters. The lowest BCUT2D eigenvalue weighted by atomic mass is 9.88. The van der Waals surface area contributed by atoms with Crippen LogP contribution >= 0.6 is 11.6 Å². The molecular formula is C11H23Cl. The van der Waals surface area contributed by atoms with Crippen LogP contribution in [0.4, 0.5) is 0 Å². The average Bonchev–Trinajstić information content (AvgIpc) is 1.96. The molecule has 0 N–H and O–H groups in total. The van der Waals surface area contributed by atoms with E-state index in [1.165, 1.54) is 25.7 Å². The summed E-state index contributed by atoms with van der Waals surface area (Å²) in [7, 11) is 0. The fraction of sp³-hybridized carbons (Fsp3) is 1.00. The lowest BCUT2D eigenvalue weighted by Crippen LogP contribution is -2.07. The number of hydrogen-bond acceptors (Lipinski definition) is 0. The molecule has 0 bridgehead atoms. The summed E-state index contributed by atoms with van der Waals surface area (Å²) in [4.78, 5) is 0. The van der Waals surface area contributed by atoms with Gasteiger partial charge in [-0.15, -0.1) is 11.6 Å². The molecule has 0 spiro atoms. The van der Waals surface area contributed by atoms with Crippen LogP contribution in [0.3, 0.4) is 0 Å². The Labute approximate surface area is 82.7 Å². The van der Waals surface area contributed by atoms with Gasteiger partial charge in [0.15, 0.2) is 0 Å². The first-order valence-electron chi connectivity index (χ1n) is 5.05. The van der Waals surface area contributed by atoms with Crippen molar-refractivity contribution in [2.45, 2.75) is 53.4 Å². The molecule has 0 aliphatic rings. The van der Waals surface area contributed by atoms with Crippen LogP contribution in [-0.4, -0.2) is 5.88 Å². The molecule has 0 aromatic rings. The molecule has 1 heteroatoms. The Hall–Kier alpha value is 0.290. The van der Waals surface area contributed by atoms with Gasteiger partial charge in [-0.1, -0.05) is 40.5 Å². The highest BCUT2D eigenvalue weighted by atomic mass is 35.5. The van der Waals surface area contributed by atoms with E-state index in [1.54, 1.807) is 0 Å². The summed E-state index contributed by atoms with van der Waals surface area (Å²) >= 11 is 5.82. The highest BCUT2D eigenvalue weighted by Crippen LogP contribution is 2.24. The predicted molar refractivity (Wildman–Crippen MR) is 57.8 cm³/mol. The Morgan fingerprint density at radius 3 is 2.17 bits per heavy atom. The van der Waals surface area contributed by atoms with Crippen LogP contribution in [-0.2, 0) is 0 Å². The molecule has 0 nitrogen and oxygen atoms in total. The Morgan fingerprint density at radius 2 is 1.83 bits per heavy atom. The minimum absolute atomic E-state index is 0.491. The lowest BCUT2D eigenvalue weighted by Gasteiger charge is -2.19. The monoisotopic (exact) mass is 190 g/mol. The van der Waals surface area contributed by atoms with Crippen LogP contribution in [0.1, 0.15) is 53.4 Å². The van der Waals surface area contributed by atoms with Crippen molar-refractivity contribution in [2.24, 2.45) is 11.3 Å². The minimum Gasteiger partial charge on any atom is -0.126 e. The highest BCUT2D eigenvalue weighted by Gasteiger charge is 2.11. The normalized spacial score (nSPS) is 14.8. The van der Waals surface area contributed by atoms with Gasteiger partial charge in [-0.05, 0) is 24.2 Å². The second kappa shape index (κ2) is 5.85. The third-order valence-corrected chi connectivity index (χ3v) is 2.77. The zero-order chi connectivity index (χ0) is 9.61. The van der Waals surface area contributed by atoms with Gasteiger partial charge in [0.05, 0.1) is 0 Å². The maximum absolute atomic E-state index is 5.82. The SMILES string of the molecule is CCC(CCl)CCCC(C)(C)C. The number of rotatable bonds is 5. The molecule has 0 heterocycles. The smallest absolute Gasteiger partial charge is 0.0251 e. The summed E-state index contributed by atoms with van der Waals surface area (Å²) < 4.78 is 0. The van der Waals surface area contributed by atoms with Crippen molar-refractivity contribution in [2.75, 3.05) is 5.88 Å². The van der Waals surface area contributed by atoms with Gasteiger partial charge in [-0.25, -0.2) is 0 Å². The van der Waals surface area contributed by atoms with Gasteiger partial charge in [0.1, 0.15) is 0 Å². The molecule has 0 saturated heterocycles. The van der Waals surface area contributed by atoms with Gasteiger partial charge in [0.2, 0.25) is 0 Å². The van der Waals surface area contributed by atoms with E-state index in [4.69, 9.17) is 11.6 Å². The molecule has 0 amide bonds. The van der Waals surface area contributed by atoms with E-state index < -0.39 is 0 Å². The van der Waals surface area contributed by atoms with E-state index >= 15 is 0 Å². The van der Waals surface area contributed by atoms with E-state index in [9.17, 15) is 0 Å². The van der Waals surface area contributed by atoms with Crippen LogP contribution in [0.25, 0.3) is 0 Å². The van der Waals surface area contributed by atoms with Gasteiger partial charge in [0, 0.05) is 5.88 Å². The van der Waals surface area contributed by atoms with Crippen molar-refractivity contribution in [3.05, 3.63) is 0 Å². The van der Waals surface area contributed by atoms with Gasteiger partial charge in [-0.3, -0.25) is 0 Å². The standard InChI is InChI=1S/C11H23Cl/c1-5-10(9-12)7-6-8-11(2,3)4/h10H,5-9H2,1-4H3. The Morgan fingerprint density at radius 1 is 1.25 bits per heavy atom. The van der Waals surface area contributed by atoms with Crippen LogP contribution < -0.4 is 0 Å². The molecule has 0 fully saturated rings. The predicted octanol–water partition coefficient (Wildman–Crippen LogP) is 4.47. The van der Waals surface area contributed by atoms with E-state index in [-0.39, 0.29) is 0 Å². The molecule has 0 aromatic carbocycles. The third-order valence-electron chi connectivity index (χ3n) is 2.33. The summed E-state index contributed by atoms with van der Waals surface area (Å²) in [6, 6.07) is 0. The van der Waals surface area contributed by atoms with Gasteiger partial charge in [0.25, 0.3) is 0 Å². The molecule has 0 rings (SSSR count). The van der Waals surface area contributed by atoms with Crippen molar-refractivity contribution in [1.29, 1.82) is 0 Å².